The van der Waals surface area contributed by atoms with Crippen LogP contribution in [0.25, 0.3) is 0 Å². The molecule has 2 aromatic carbocycles. The summed E-state index contributed by atoms with van der Waals surface area (Å²) >= 11 is 0. The normalized spacial score (nSPS) is 10.8. The molecule has 0 saturated carbocycles. The van der Waals surface area contributed by atoms with Crippen molar-refractivity contribution in [1.82, 2.24) is 4.90 Å². The lowest BCUT2D eigenvalue weighted by Gasteiger charge is -2.17. The number of nitrogens with zero attached hydrogens (tertiary/aromatic N) is 1. The average Bonchev–Trinajstić information content (AvgIpc) is 2.32. The van der Waals surface area contributed by atoms with Gasteiger partial charge in [0.15, 0.2) is 0 Å². The highest BCUT2D eigenvalue weighted by atomic mass is 16.3. The van der Waals surface area contributed by atoms with Gasteiger partial charge in [0.05, 0.1) is 0 Å². The molecule has 0 unspecified atom stereocenters. The Morgan fingerprint density at radius 3 is 2.33 bits per heavy atom. The van der Waals surface area contributed by atoms with Gasteiger partial charge in [-0.15, -0.1) is 0 Å². The maximum absolute atomic E-state index is 9.41. The molecule has 0 amide bonds. The van der Waals surface area contributed by atoms with E-state index < -0.39 is 0 Å². The summed E-state index contributed by atoms with van der Waals surface area (Å²) in [5.41, 5.74) is 8.78. The first-order chi connectivity index (χ1) is 8.63. The van der Waals surface area contributed by atoms with Crippen LogP contribution >= 0.6 is 0 Å². The largest absolute Gasteiger partial charge is 0.508 e. The highest BCUT2D eigenvalue weighted by Crippen LogP contribution is 2.14. The number of anilines is 1. The molecule has 0 aliphatic carbocycles. The lowest BCUT2D eigenvalue weighted by Crippen LogP contribution is -2.17. The van der Waals surface area contributed by atoms with Gasteiger partial charge in [-0.2, -0.15) is 0 Å². The summed E-state index contributed by atoms with van der Waals surface area (Å²) in [4.78, 5) is 2.19. The molecular weight excluding hydrogens is 224 g/mol. The van der Waals surface area contributed by atoms with Crippen molar-refractivity contribution in [2.75, 3.05) is 12.8 Å². The summed E-state index contributed by atoms with van der Waals surface area (Å²) in [5.74, 6) is 0.313. The zero-order valence-corrected chi connectivity index (χ0v) is 10.5. The third-order valence-electron chi connectivity index (χ3n) is 2.80. The number of hydrogen-bond acceptors (Lipinski definition) is 3. The lowest BCUT2D eigenvalue weighted by atomic mass is 10.1. The predicted molar refractivity (Wildman–Crippen MR) is 74.1 cm³/mol. The first kappa shape index (κ1) is 12.5. The Kier molecular flexibility index (Phi) is 3.85. The van der Waals surface area contributed by atoms with Crippen LogP contribution in [-0.4, -0.2) is 17.1 Å². The molecule has 0 bridgehead atoms. The van der Waals surface area contributed by atoms with Gasteiger partial charge in [0.1, 0.15) is 5.75 Å². The molecule has 0 atom stereocenters. The Hall–Kier alpha value is -2.00. The van der Waals surface area contributed by atoms with Crippen LogP contribution in [0.3, 0.4) is 0 Å². The molecule has 0 saturated heterocycles. The molecule has 0 aromatic heterocycles. The fraction of sp³-hybridized carbons (Fsp3) is 0.200. The average molecular weight is 242 g/mol. The van der Waals surface area contributed by atoms with E-state index in [0.717, 1.165) is 24.3 Å². The van der Waals surface area contributed by atoms with Crippen molar-refractivity contribution >= 4 is 5.69 Å². The van der Waals surface area contributed by atoms with Gasteiger partial charge in [0.25, 0.3) is 0 Å². The lowest BCUT2D eigenvalue weighted by molar-refractivity contribution is 0.318. The van der Waals surface area contributed by atoms with Gasteiger partial charge in [-0.1, -0.05) is 24.3 Å². The number of rotatable bonds is 4. The monoisotopic (exact) mass is 242 g/mol. The maximum Gasteiger partial charge on any atom is 0.115 e. The zero-order valence-electron chi connectivity index (χ0n) is 10.5. The molecular formula is C15H18N2O. The third-order valence-corrected chi connectivity index (χ3v) is 2.80. The number of aromatic hydroxyl groups is 1. The number of phenolic OH excluding ortho intramolecular Hbond substituents is 1. The Labute approximate surface area is 107 Å². The third kappa shape index (κ3) is 3.50. The van der Waals surface area contributed by atoms with Gasteiger partial charge in [-0.3, -0.25) is 4.90 Å². The zero-order chi connectivity index (χ0) is 13.0. The molecule has 3 heteroatoms. The van der Waals surface area contributed by atoms with Crippen molar-refractivity contribution < 1.29 is 5.11 Å². The number of phenols is 1. The van der Waals surface area contributed by atoms with Crippen LogP contribution in [0.15, 0.2) is 48.5 Å². The van der Waals surface area contributed by atoms with E-state index in [9.17, 15) is 5.11 Å². The second-order valence-corrected chi connectivity index (χ2v) is 4.58. The van der Waals surface area contributed by atoms with Crippen molar-refractivity contribution in [2.45, 2.75) is 13.1 Å². The van der Waals surface area contributed by atoms with Gasteiger partial charge >= 0.3 is 0 Å². The van der Waals surface area contributed by atoms with E-state index in [1.807, 2.05) is 36.4 Å². The standard InChI is InChI=1S/C15H18N2O/c1-17(10-12-5-7-14(16)8-6-12)11-13-3-2-4-15(18)9-13/h2-9,18H,10-11,16H2,1H3. The minimum atomic E-state index is 0.313. The van der Waals surface area contributed by atoms with Gasteiger partial charge < -0.3 is 10.8 Å². The van der Waals surface area contributed by atoms with Gasteiger partial charge in [0, 0.05) is 18.8 Å². The van der Waals surface area contributed by atoms with Crippen LogP contribution in [0.5, 0.6) is 5.75 Å². The minimum absolute atomic E-state index is 0.313. The van der Waals surface area contributed by atoms with E-state index in [1.165, 1.54) is 5.56 Å². The molecule has 0 heterocycles. The molecule has 0 spiro atoms. The number of benzene rings is 2. The molecule has 0 fully saturated rings. The molecule has 3 N–H and O–H groups in total. The van der Waals surface area contributed by atoms with Crippen molar-refractivity contribution in [2.24, 2.45) is 0 Å². The fourth-order valence-corrected chi connectivity index (χ4v) is 1.96. The van der Waals surface area contributed by atoms with Crippen LogP contribution in [0.4, 0.5) is 5.69 Å². The molecule has 18 heavy (non-hydrogen) atoms. The van der Waals surface area contributed by atoms with E-state index in [1.54, 1.807) is 12.1 Å². The summed E-state index contributed by atoms with van der Waals surface area (Å²) in [7, 11) is 2.06. The van der Waals surface area contributed by atoms with Crippen molar-refractivity contribution in [3.63, 3.8) is 0 Å². The highest BCUT2D eigenvalue weighted by molar-refractivity contribution is 5.39. The summed E-state index contributed by atoms with van der Waals surface area (Å²) < 4.78 is 0. The minimum Gasteiger partial charge on any atom is -0.508 e. The molecule has 3 nitrogen and oxygen atoms in total. The summed E-state index contributed by atoms with van der Waals surface area (Å²) in [6.45, 7) is 1.66. The first-order valence-electron chi connectivity index (χ1n) is 5.94. The van der Waals surface area contributed by atoms with Crippen LogP contribution in [0, 0.1) is 0 Å². The van der Waals surface area contributed by atoms with Crippen molar-refractivity contribution in [1.29, 1.82) is 0 Å². The molecule has 94 valence electrons. The summed E-state index contributed by atoms with van der Waals surface area (Å²) in [6, 6.07) is 15.3. The van der Waals surface area contributed by atoms with Crippen LogP contribution in [-0.2, 0) is 13.1 Å². The van der Waals surface area contributed by atoms with E-state index in [-0.39, 0.29) is 0 Å². The maximum atomic E-state index is 9.41. The van der Waals surface area contributed by atoms with E-state index in [2.05, 4.69) is 11.9 Å². The van der Waals surface area contributed by atoms with Gasteiger partial charge in [0.2, 0.25) is 0 Å². The second kappa shape index (κ2) is 5.56. The molecule has 0 aliphatic heterocycles. The summed E-state index contributed by atoms with van der Waals surface area (Å²) in [6.07, 6.45) is 0. The number of nitrogen functional groups attached to an aromatic ring is 1. The van der Waals surface area contributed by atoms with Crippen LogP contribution in [0.1, 0.15) is 11.1 Å². The second-order valence-electron chi connectivity index (χ2n) is 4.58. The highest BCUT2D eigenvalue weighted by Gasteiger charge is 2.02. The quantitative estimate of drug-likeness (QED) is 0.810. The van der Waals surface area contributed by atoms with E-state index >= 15 is 0 Å². The smallest absolute Gasteiger partial charge is 0.115 e. The SMILES string of the molecule is CN(Cc1ccc(N)cc1)Cc1cccc(O)c1. The van der Waals surface area contributed by atoms with Crippen molar-refractivity contribution in [3.8, 4) is 5.75 Å². The van der Waals surface area contributed by atoms with Crippen LogP contribution < -0.4 is 5.73 Å². The van der Waals surface area contributed by atoms with Gasteiger partial charge in [-0.05, 0) is 42.4 Å². The Balaban J connectivity index is 1.96. The molecule has 2 rings (SSSR count). The summed E-state index contributed by atoms with van der Waals surface area (Å²) in [5, 5.41) is 9.41. The Morgan fingerprint density at radius 1 is 1.00 bits per heavy atom. The number of nitrogens with two attached hydrogens (primary N) is 1. The Morgan fingerprint density at radius 2 is 1.67 bits per heavy atom. The molecule has 0 aliphatic rings. The predicted octanol–water partition coefficient (Wildman–Crippen LogP) is 2.61. The van der Waals surface area contributed by atoms with E-state index in [0.29, 0.717) is 5.75 Å². The fourth-order valence-electron chi connectivity index (χ4n) is 1.96. The van der Waals surface area contributed by atoms with E-state index in [4.69, 9.17) is 5.73 Å². The topological polar surface area (TPSA) is 49.5 Å². The number of hydrogen-bond donors (Lipinski definition) is 2. The molecule has 0 radical (unpaired) electrons. The van der Waals surface area contributed by atoms with Crippen molar-refractivity contribution in [3.05, 3.63) is 59.7 Å². The molecule has 2 aromatic rings. The van der Waals surface area contributed by atoms with Gasteiger partial charge in [-0.25, -0.2) is 0 Å². The first-order valence-corrected chi connectivity index (χ1v) is 5.94. The van der Waals surface area contributed by atoms with Crippen LogP contribution in [0.2, 0.25) is 0 Å². The Bertz CT molecular complexity index is 508.